The summed E-state index contributed by atoms with van der Waals surface area (Å²) in [4.78, 5) is 12.2. The minimum absolute atomic E-state index is 0.112. The van der Waals surface area contributed by atoms with Gasteiger partial charge in [-0.15, -0.1) is 0 Å². The molecule has 0 spiro atoms. The van der Waals surface area contributed by atoms with Crippen LogP contribution in [0.3, 0.4) is 0 Å². The number of rotatable bonds is 7. The van der Waals surface area contributed by atoms with E-state index >= 15 is 0 Å². The molecule has 0 saturated heterocycles. The van der Waals surface area contributed by atoms with E-state index < -0.39 is 6.10 Å². The fraction of sp³-hybridized carbons (Fsp3) is 0.350. The van der Waals surface area contributed by atoms with Crippen LogP contribution in [0, 0.1) is 5.92 Å². The van der Waals surface area contributed by atoms with Crippen LogP contribution in [-0.4, -0.2) is 17.6 Å². The summed E-state index contributed by atoms with van der Waals surface area (Å²) in [6, 6.07) is 14.8. The highest BCUT2D eigenvalue weighted by atomic mass is 16.5. The Balaban J connectivity index is 1.95. The summed E-state index contributed by atoms with van der Waals surface area (Å²) in [6.07, 6.45) is -0.350. The number of aliphatic hydroxyl groups is 1. The summed E-state index contributed by atoms with van der Waals surface area (Å²) in [5, 5.41) is 12.6. The van der Waals surface area contributed by atoms with Gasteiger partial charge in [-0.2, -0.15) is 0 Å². The lowest BCUT2D eigenvalue weighted by atomic mass is 10.1. The molecule has 2 N–H and O–H groups in total. The number of hydrogen-bond acceptors (Lipinski definition) is 3. The lowest BCUT2D eigenvalue weighted by molar-refractivity contribution is -0.115. The number of carbonyl (C=O) groups is 1. The number of aliphatic hydroxyl groups excluding tert-OH is 1. The topological polar surface area (TPSA) is 58.6 Å². The second-order valence-corrected chi connectivity index (χ2v) is 6.34. The molecule has 128 valence electrons. The molecule has 1 unspecified atom stereocenters. The monoisotopic (exact) mass is 327 g/mol. The van der Waals surface area contributed by atoms with Crippen molar-refractivity contribution in [2.75, 3.05) is 11.9 Å². The van der Waals surface area contributed by atoms with Crippen LogP contribution in [0.25, 0.3) is 0 Å². The Bertz CT molecular complexity index is 663. The lowest BCUT2D eigenvalue weighted by Crippen LogP contribution is -2.16. The smallest absolute Gasteiger partial charge is 0.228 e. The van der Waals surface area contributed by atoms with Gasteiger partial charge < -0.3 is 15.2 Å². The van der Waals surface area contributed by atoms with Gasteiger partial charge in [-0.25, -0.2) is 0 Å². The van der Waals surface area contributed by atoms with Crippen molar-refractivity contribution in [3.05, 3.63) is 59.7 Å². The Morgan fingerprint density at radius 1 is 1.08 bits per heavy atom. The van der Waals surface area contributed by atoms with Gasteiger partial charge in [0.25, 0.3) is 0 Å². The van der Waals surface area contributed by atoms with E-state index in [4.69, 9.17) is 4.74 Å². The van der Waals surface area contributed by atoms with Crippen molar-refractivity contribution in [1.82, 2.24) is 0 Å². The molecule has 0 saturated carbocycles. The molecule has 4 heteroatoms. The van der Waals surface area contributed by atoms with Crippen LogP contribution in [0.4, 0.5) is 5.69 Å². The molecule has 0 radical (unpaired) electrons. The summed E-state index contributed by atoms with van der Waals surface area (Å²) in [7, 11) is 0. The number of amides is 1. The van der Waals surface area contributed by atoms with Crippen LogP contribution in [0.2, 0.25) is 0 Å². The van der Waals surface area contributed by atoms with Gasteiger partial charge in [0.05, 0.1) is 19.1 Å². The van der Waals surface area contributed by atoms with E-state index in [0.717, 1.165) is 11.3 Å². The van der Waals surface area contributed by atoms with Crippen LogP contribution in [0.5, 0.6) is 5.75 Å². The van der Waals surface area contributed by atoms with Crippen molar-refractivity contribution < 1.29 is 14.6 Å². The largest absolute Gasteiger partial charge is 0.493 e. The van der Waals surface area contributed by atoms with E-state index in [9.17, 15) is 9.90 Å². The van der Waals surface area contributed by atoms with E-state index in [1.165, 1.54) is 0 Å². The van der Waals surface area contributed by atoms with Crippen molar-refractivity contribution in [2.24, 2.45) is 5.92 Å². The Kier molecular flexibility index (Phi) is 6.38. The molecule has 2 aromatic rings. The molecule has 2 rings (SSSR count). The minimum atomic E-state index is -0.626. The van der Waals surface area contributed by atoms with E-state index in [2.05, 4.69) is 19.2 Å². The normalized spacial score (nSPS) is 12.0. The maximum Gasteiger partial charge on any atom is 0.228 e. The molecule has 0 fully saturated rings. The Labute approximate surface area is 143 Å². The highest BCUT2D eigenvalue weighted by Crippen LogP contribution is 2.22. The van der Waals surface area contributed by atoms with Gasteiger partial charge >= 0.3 is 0 Å². The zero-order valence-corrected chi connectivity index (χ0v) is 14.5. The van der Waals surface area contributed by atoms with Gasteiger partial charge in [0.15, 0.2) is 0 Å². The van der Waals surface area contributed by atoms with Gasteiger partial charge in [-0.05, 0) is 36.6 Å². The Morgan fingerprint density at radius 2 is 1.75 bits per heavy atom. The highest BCUT2D eigenvalue weighted by molar-refractivity contribution is 5.93. The van der Waals surface area contributed by atoms with Crippen molar-refractivity contribution >= 4 is 11.6 Å². The molecule has 24 heavy (non-hydrogen) atoms. The standard InChI is InChI=1S/C20H25NO3/c1-14(2)13-24-17-10-8-16(9-11-17)12-20(23)21-19-7-5-4-6-18(19)15(3)22/h4-11,14-15,22H,12-13H2,1-3H3,(H,21,23). The number of nitrogens with one attached hydrogen (secondary N) is 1. The molecule has 1 amide bonds. The molecule has 4 nitrogen and oxygen atoms in total. The highest BCUT2D eigenvalue weighted by Gasteiger charge is 2.10. The Morgan fingerprint density at radius 3 is 2.38 bits per heavy atom. The average molecular weight is 327 g/mol. The third kappa shape index (κ3) is 5.39. The summed E-state index contributed by atoms with van der Waals surface area (Å²) in [6.45, 7) is 6.56. The molecule has 0 bridgehead atoms. The van der Waals surface area contributed by atoms with Crippen molar-refractivity contribution in [3.8, 4) is 5.75 Å². The zero-order chi connectivity index (χ0) is 17.5. The summed E-state index contributed by atoms with van der Waals surface area (Å²) in [5.41, 5.74) is 2.27. The van der Waals surface area contributed by atoms with Crippen LogP contribution in [0.15, 0.2) is 48.5 Å². The molecule has 0 aliphatic heterocycles. The van der Waals surface area contributed by atoms with E-state index in [0.29, 0.717) is 23.8 Å². The van der Waals surface area contributed by atoms with Crippen molar-refractivity contribution in [1.29, 1.82) is 0 Å². The maximum atomic E-state index is 12.2. The van der Waals surface area contributed by atoms with Crippen molar-refractivity contribution in [3.63, 3.8) is 0 Å². The second-order valence-electron chi connectivity index (χ2n) is 6.34. The summed E-state index contributed by atoms with van der Waals surface area (Å²) in [5.74, 6) is 1.18. The van der Waals surface area contributed by atoms with Crippen LogP contribution in [0.1, 0.15) is 38.0 Å². The number of anilines is 1. The first-order valence-corrected chi connectivity index (χ1v) is 8.24. The Hall–Kier alpha value is -2.33. The first-order valence-electron chi connectivity index (χ1n) is 8.24. The number of hydrogen-bond donors (Lipinski definition) is 2. The fourth-order valence-corrected chi connectivity index (χ4v) is 2.32. The van der Waals surface area contributed by atoms with Gasteiger partial charge in [0, 0.05) is 11.3 Å². The average Bonchev–Trinajstić information content (AvgIpc) is 2.54. The summed E-state index contributed by atoms with van der Waals surface area (Å²) >= 11 is 0. The lowest BCUT2D eigenvalue weighted by Gasteiger charge is -2.13. The molecule has 2 aromatic carbocycles. The molecule has 0 aromatic heterocycles. The molecule has 0 heterocycles. The van der Waals surface area contributed by atoms with Gasteiger partial charge in [0.1, 0.15) is 5.75 Å². The molecule has 0 aliphatic carbocycles. The van der Waals surface area contributed by atoms with Crippen molar-refractivity contribution in [2.45, 2.75) is 33.3 Å². The minimum Gasteiger partial charge on any atom is -0.493 e. The third-order valence-corrected chi connectivity index (χ3v) is 3.56. The quantitative estimate of drug-likeness (QED) is 0.809. The first kappa shape index (κ1) is 18.0. The van der Waals surface area contributed by atoms with E-state index in [1.807, 2.05) is 36.4 Å². The number of para-hydroxylation sites is 1. The predicted octanol–water partition coefficient (Wildman–Crippen LogP) is 3.96. The molecule has 0 aliphatic rings. The maximum absolute atomic E-state index is 12.2. The van der Waals surface area contributed by atoms with Gasteiger partial charge in [-0.3, -0.25) is 4.79 Å². The molecular formula is C20H25NO3. The summed E-state index contributed by atoms with van der Waals surface area (Å²) < 4.78 is 5.64. The predicted molar refractivity (Wildman–Crippen MR) is 96.2 cm³/mol. The first-order chi connectivity index (χ1) is 11.5. The van der Waals surface area contributed by atoms with Gasteiger partial charge in [0.2, 0.25) is 5.91 Å². The SMILES string of the molecule is CC(C)COc1ccc(CC(=O)Nc2ccccc2C(C)O)cc1. The second kappa shape index (κ2) is 8.50. The van der Waals surface area contributed by atoms with Gasteiger partial charge in [-0.1, -0.05) is 44.2 Å². The van der Waals surface area contributed by atoms with E-state index in [1.54, 1.807) is 19.1 Å². The molecule has 1 atom stereocenters. The third-order valence-electron chi connectivity index (χ3n) is 3.56. The fourth-order valence-electron chi connectivity index (χ4n) is 2.32. The van der Waals surface area contributed by atoms with E-state index in [-0.39, 0.29) is 12.3 Å². The van der Waals surface area contributed by atoms with Crippen LogP contribution in [-0.2, 0) is 11.2 Å². The number of benzene rings is 2. The zero-order valence-electron chi connectivity index (χ0n) is 14.5. The number of carbonyl (C=O) groups excluding carboxylic acids is 1. The van der Waals surface area contributed by atoms with Crippen LogP contribution < -0.4 is 10.1 Å². The molecular weight excluding hydrogens is 302 g/mol. The van der Waals surface area contributed by atoms with Crippen LogP contribution >= 0.6 is 0 Å². The number of ether oxygens (including phenoxy) is 1.